The number of amides is 4. The van der Waals surface area contributed by atoms with Gasteiger partial charge in [0.2, 0.25) is 5.82 Å². The number of fused-ring (bicyclic) bond motifs is 4. The Kier molecular flexibility index (Phi) is 6.97. The minimum Gasteiger partial charge on any atom is -0.508 e. The van der Waals surface area contributed by atoms with Crippen molar-refractivity contribution < 1.29 is 69.4 Å². The lowest BCUT2D eigenvalue weighted by molar-refractivity contribution is -0.274. The van der Waals surface area contributed by atoms with Crippen LogP contribution in [0.2, 0.25) is 0 Å². The van der Waals surface area contributed by atoms with Gasteiger partial charge in [-0.3, -0.25) is 24.4 Å². The first kappa shape index (κ1) is 32.0. The zero-order valence-electron chi connectivity index (χ0n) is 22.1. The molecular formula is C27H14Cl2F8N2O7. The summed E-state index contributed by atoms with van der Waals surface area (Å²) in [7, 11) is 0. The fourth-order valence-corrected chi connectivity index (χ4v) is 7.78. The number of carbonyl (C=O) groups excluding carboxylic acids is 4. The molecule has 0 spiro atoms. The van der Waals surface area contributed by atoms with Crippen LogP contribution in [0.25, 0.3) is 0 Å². The molecule has 4 aliphatic rings. The number of anilines is 1. The maximum absolute atomic E-state index is 15.0. The van der Waals surface area contributed by atoms with Gasteiger partial charge in [-0.2, -0.15) is 5.06 Å². The maximum atomic E-state index is 15.0. The van der Waals surface area contributed by atoms with Crippen molar-refractivity contribution in [2.24, 2.45) is 17.8 Å². The average molecular weight is 701 g/mol. The van der Waals surface area contributed by atoms with E-state index in [1.807, 2.05) is 0 Å². The van der Waals surface area contributed by atoms with Crippen molar-refractivity contribution in [1.82, 2.24) is 5.06 Å². The number of benzene rings is 2. The van der Waals surface area contributed by atoms with Crippen molar-refractivity contribution in [1.29, 1.82) is 0 Å². The number of hydroxylamine groups is 2. The largest absolute Gasteiger partial charge is 0.573 e. The zero-order chi connectivity index (χ0) is 34.0. The molecule has 2 N–H and O–H groups in total. The summed E-state index contributed by atoms with van der Waals surface area (Å²) >= 11 is 13.6. The van der Waals surface area contributed by atoms with Crippen molar-refractivity contribution in [2.45, 2.75) is 34.9 Å². The van der Waals surface area contributed by atoms with E-state index in [0.717, 1.165) is 0 Å². The van der Waals surface area contributed by atoms with E-state index < -0.39 is 127 Å². The number of hydrogen-bond acceptors (Lipinski definition) is 7. The summed E-state index contributed by atoms with van der Waals surface area (Å²) in [4.78, 5) is 47.0. The van der Waals surface area contributed by atoms with Crippen LogP contribution in [0.5, 0.6) is 11.5 Å². The van der Waals surface area contributed by atoms with E-state index in [9.17, 15) is 64.6 Å². The number of alkyl halides is 5. The number of carbonyl (C=O) groups is 4. The van der Waals surface area contributed by atoms with E-state index in [4.69, 9.17) is 23.2 Å². The number of ether oxygens (including phenoxy) is 1. The first-order valence-electron chi connectivity index (χ1n) is 12.9. The molecule has 6 rings (SSSR count). The highest BCUT2D eigenvalue weighted by atomic mass is 35.5. The van der Waals surface area contributed by atoms with E-state index in [1.165, 1.54) is 6.08 Å². The zero-order valence-corrected chi connectivity index (χ0v) is 23.7. The monoisotopic (exact) mass is 700 g/mol. The maximum Gasteiger partial charge on any atom is 0.573 e. The van der Waals surface area contributed by atoms with Crippen LogP contribution < -0.4 is 9.64 Å². The number of hydrogen-bond donors (Lipinski definition) is 2. The van der Waals surface area contributed by atoms with Gasteiger partial charge in [-0.05, 0) is 37.0 Å². The third kappa shape index (κ3) is 4.03. The second kappa shape index (κ2) is 10.0. The lowest BCUT2D eigenvalue weighted by atomic mass is 9.56. The fourth-order valence-electron chi connectivity index (χ4n) is 6.86. The number of aromatic hydroxyl groups is 1. The van der Waals surface area contributed by atoms with Crippen LogP contribution in [0.1, 0.15) is 24.3 Å². The highest BCUT2D eigenvalue weighted by Gasteiger charge is 2.77. The molecule has 4 amide bonds. The predicted molar refractivity (Wildman–Crippen MR) is 135 cm³/mol. The Labute approximate surface area is 260 Å². The predicted octanol–water partition coefficient (Wildman–Crippen LogP) is 4.94. The summed E-state index contributed by atoms with van der Waals surface area (Å²) in [6, 6.07) is 1.87. The number of imide groups is 2. The molecule has 2 heterocycles. The molecule has 6 atom stereocenters. The number of rotatable bonds is 3. The number of phenols is 1. The molecule has 1 saturated carbocycles. The van der Waals surface area contributed by atoms with Gasteiger partial charge in [0, 0.05) is 11.5 Å². The Morgan fingerprint density at radius 1 is 0.870 bits per heavy atom. The second-order valence-electron chi connectivity index (χ2n) is 10.9. The molecule has 19 heteroatoms. The molecule has 0 bridgehead atoms. The topological polar surface area (TPSA) is 124 Å². The quantitative estimate of drug-likeness (QED) is 0.0885. The van der Waals surface area contributed by atoms with Crippen molar-refractivity contribution in [3.63, 3.8) is 0 Å². The second-order valence-corrected chi connectivity index (χ2v) is 12.2. The summed E-state index contributed by atoms with van der Waals surface area (Å²) in [6.45, 7) is 0. The van der Waals surface area contributed by atoms with Crippen LogP contribution in [0.3, 0.4) is 0 Å². The first-order valence-corrected chi connectivity index (χ1v) is 13.7. The first-order chi connectivity index (χ1) is 21.3. The highest BCUT2D eigenvalue weighted by Crippen LogP contribution is 2.66. The van der Waals surface area contributed by atoms with E-state index in [1.54, 1.807) is 0 Å². The summed E-state index contributed by atoms with van der Waals surface area (Å²) in [5.74, 6) is -27.3. The Balaban J connectivity index is 1.63. The standard InChI is InChI=1S/C27H14Cl2F8N2O7/c28-25-6-11-8(2-3-9-13(11)22(42)39(45)21(9)41)14(10-5-7(1-4-12(10)40)46-27(35,36)37)26(25,29)24(44)38(23(25)43)20-18(33)16(31)15(30)17(32)19(20)34/h1-2,4-5,9,11,13-14,40,45H,3,6H2. The van der Waals surface area contributed by atoms with Gasteiger partial charge >= 0.3 is 6.36 Å². The molecule has 0 radical (unpaired) electrons. The van der Waals surface area contributed by atoms with Crippen molar-refractivity contribution >= 4 is 52.5 Å². The van der Waals surface area contributed by atoms with Crippen LogP contribution in [-0.4, -0.2) is 55.1 Å². The average Bonchev–Trinajstić information content (AvgIpc) is 3.29. The molecule has 9 nitrogen and oxygen atoms in total. The molecule has 2 aromatic carbocycles. The molecule has 2 aromatic rings. The summed E-state index contributed by atoms with van der Waals surface area (Å²) in [6.07, 6.45) is -5.36. The molecular weight excluding hydrogens is 687 g/mol. The lowest BCUT2D eigenvalue weighted by Crippen LogP contribution is -2.60. The van der Waals surface area contributed by atoms with Gasteiger partial charge in [0.25, 0.3) is 23.6 Å². The third-order valence-electron chi connectivity index (χ3n) is 8.74. The number of allylic oxidation sites excluding steroid dienone is 2. The van der Waals surface area contributed by atoms with Gasteiger partial charge in [0.05, 0.1) is 11.8 Å². The fraction of sp³-hybridized carbons (Fsp3) is 0.333. The smallest absolute Gasteiger partial charge is 0.508 e. The Morgan fingerprint density at radius 3 is 2.04 bits per heavy atom. The Morgan fingerprint density at radius 2 is 1.46 bits per heavy atom. The summed E-state index contributed by atoms with van der Waals surface area (Å²) in [5, 5.41) is 20.7. The molecule has 2 saturated heterocycles. The third-order valence-corrected chi connectivity index (χ3v) is 10.2. The summed E-state index contributed by atoms with van der Waals surface area (Å²) in [5.41, 5.74) is -2.94. The Hall–Kier alpha value is -3.96. The number of nitrogens with zero attached hydrogens (tertiary/aromatic N) is 2. The molecule has 3 fully saturated rings. The van der Waals surface area contributed by atoms with Crippen molar-refractivity contribution in [2.75, 3.05) is 4.90 Å². The number of phenolic OH excluding ortho intramolecular Hbond substituents is 1. The van der Waals surface area contributed by atoms with Gasteiger partial charge in [0.15, 0.2) is 33.0 Å². The molecule has 46 heavy (non-hydrogen) atoms. The minimum absolute atomic E-state index is 0.177. The SMILES string of the molecule is O=C1C2CC=C3C(CC4(Cl)C(=O)N(c5c(F)c(F)c(F)c(F)c5F)C(=O)C4(Cl)C3c3cc(OC(F)(F)F)ccc3O)C2C(=O)N1O. The van der Waals surface area contributed by atoms with Gasteiger partial charge in [-0.1, -0.05) is 11.6 Å². The Bertz CT molecular complexity index is 1790. The number of halogens is 10. The van der Waals surface area contributed by atoms with Crippen LogP contribution in [0, 0.1) is 46.8 Å². The van der Waals surface area contributed by atoms with Crippen LogP contribution >= 0.6 is 23.2 Å². The van der Waals surface area contributed by atoms with Crippen LogP contribution in [0.15, 0.2) is 29.8 Å². The van der Waals surface area contributed by atoms with E-state index in [2.05, 4.69) is 4.74 Å². The van der Waals surface area contributed by atoms with Crippen molar-refractivity contribution in [3.05, 3.63) is 64.5 Å². The van der Waals surface area contributed by atoms with Crippen LogP contribution in [0.4, 0.5) is 40.8 Å². The molecule has 0 aromatic heterocycles. The molecule has 6 unspecified atom stereocenters. The van der Waals surface area contributed by atoms with E-state index in [0.29, 0.717) is 18.2 Å². The van der Waals surface area contributed by atoms with E-state index >= 15 is 0 Å². The minimum atomic E-state index is -5.29. The van der Waals surface area contributed by atoms with Crippen LogP contribution in [-0.2, 0) is 19.2 Å². The lowest BCUT2D eigenvalue weighted by Gasteiger charge is -2.50. The highest BCUT2D eigenvalue weighted by molar-refractivity contribution is 6.58. The summed E-state index contributed by atoms with van der Waals surface area (Å²) < 4.78 is 116. The molecule has 2 aliphatic carbocycles. The van der Waals surface area contributed by atoms with Gasteiger partial charge in [-0.25, -0.2) is 26.9 Å². The molecule has 244 valence electrons. The van der Waals surface area contributed by atoms with Crippen molar-refractivity contribution in [3.8, 4) is 11.5 Å². The normalized spacial score (nSPS) is 30.8. The molecule has 2 aliphatic heterocycles. The van der Waals surface area contributed by atoms with E-state index in [-0.39, 0.29) is 17.1 Å². The van der Waals surface area contributed by atoms with Gasteiger partial charge in [0.1, 0.15) is 17.2 Å². The van der Waals surface area contributed by atoms with Gasteiger partial charge in [-0.15, -0.1) is 36.4 Å². The van der Waals surface area contributed by atoms with Gasteiger partial charge < -0.3 is 9.84 Å².